The van der Waals surface area contributed by atoms with Gasteiger partial charge in [0.2, 0.25) is 0 Å². The summed E-state index contributed by atoms with van der Waals surface area (Å²) in [4.78, 5) is 27.6. The summed E-state index contributed by atoms with van der Waals surface area (Å²) in [6.07, 6.45) is 1.73. The van der Waals surface area contributed by atoms with Crippen LogP contribution in [0, 0.1) is 0 Å². The molecule has 8 heteroatoms. The molecule has 0 bridgehead atoms. The van der Waals surface area contributed by atoms with Gasteiger partial charge >= 0.3 is 5.97 Å². The first-order valence-electron chi connectivity index (χ1n) is 7.92. The largest absolute Gasteiger partial charge is 0.497 e. The monoisotopic (exact) mass is 384 g/mol. The van der Waals surface area contributed by atoms with Crippen LogP contribution in [0.3, 0.4) is 0 Å². The first-order valence-corrected chi connectivity index (χ1v) is 8.73. The second-order valence-electron chi connectivity index (χ2n) is 5.43. The van der Waals surface area contributed by atoms with Crippen molar-refractivity contribution in [1.29, 1.82) is 0 Å². The third kappa shape index (κ3) is 5.11. The van der Waals surface area contributed by atoms with Crippen LogP contribution in [0.2, 0.25) is 0 Å². The van der Waals surface area contributed by atoms with E-state index >= 15 is 0 Å². The van der Waals surface area contributed by atoms with Crippen LogP contribution in [0.4, 0.5) is 5.69 Å². The molecule has 0 saturated carbocycles. The van der Waals surface area contributed by atoms with E-state index in [-0.39, 0.29) is 5.91 Å². The predicted octanol–water partition coefficient (Wildman–Crippen LogP) is 3.05. The van der Waals surface area contributed by atoms with Crippen LogP contribution in [-0.4, -0.2) is 35.9 Å². The van der Waals surface area contributed by atoms with Crippen LogP contribution in [0.15, 0.2) is 58.4 Å². The number of hydrogen-bond donors (Lipinski definition) is 2. The minimum atomic E-state index is -1.04. The molecule has 2 aromatic rings. The molecule has 138 valence electrons. The molecule has 2 N–H and O–H groups in total. The van der Waals surface area contributed by atoms with Crippen molar-refractivity contribution in [2.45, 2.75) is 0 Å². The number of carbonyl (C=O) groups excluding carboxylic acids is 1. The Labute approximate surface area is 159 Å². The van der Waals surface area contributed by atoms with Crippen LogP contribution < -0.4 is 14.8 Å². The lowest BCUT2D eigenvalue weighted by Crippen LogP contribution is -2.19. The second-order valence-corrected chi connectivity index (χ2v) is 6.46. The van der Waals surface area contributed by atoms with Gasteiger partial charge in [-0.1, -0.05) is 12.1 Å². The normalized spacial score (nSPS) is 16.4. The quantitative estimate of drug-likeness (QED) is 0.743. The highest BCUT2D eigenvalue weighted by atomic mass is 32.2. The van der Waals surface area contributed by atoms with Gasteiger partial charge in [-0.25, -0.2) is 9.79 Å². The number of nitrogens with zero attached hydrogens (tertiary/aromatic N) is 1. The number of rotatable bonds is 6. The van der Waals surface area contributed by atoms with E-state index in [9.17, 15) is 9.59 Å². The molecule has 0 atom stereocenters. The number of carbonyl (C=O) groups is 2. The second kappa shape index (κ2) is 8.41. The van der Waals surface area contributed by atoms with Gasteiger partial charge in [0.05, 0.1) is 17.7 Å². The van der Waals surface area contributed by atoms with Gasteiger partial charge in [0.1, 0.15) is 11.5 Å². The smallest absolute Gasteiger partial charge is 0.341 e. The number of aliphatic imine (C=N–C) groups is 1. The van der Waals surface area contributed by atoms with Gasteiger partial charge in [-0.3, -0.25) is 4.79 Å². The van der Waals surface area contributed by atoms with Crippen LogP contribution in [0.1, 0.15) is 5.56 Å². The zero-order valence-electron chi connectivity index (χ0n) is 14.3. The number of ether oxygens (including phenoxy) is 2. The summed E-state index contributed by atoms with van der Waals surface area (Å²) in [6, 6.07) is 14.0. The molecule has 1 aliphatic heterocycles. The molecule has 7 nitrogen and oxygen atoms in total. The number of amidine groups is 1. The van der Waals surface area contributed by atoms with E-state index in [4.69, 9.17) is 14.6 Å². The van der Waals surface area contributed by atoms with Crippen molar-refractivity contribution >= 4 is 40.6 Å². The lowest BCUT2D eigenvalue weighted by Gasteiger charge is -2.03. The number of aliphatic carboxylic acids is 1. The average molecular weight is 384 g/mol. The molecule has 1 saturated heterocycles. The minimum absolute atomic E-state index is 0.224. The summed E-state index contributed by atoms with van der Waals surface area (Å²) in [5.41, 5.74) is 1.50. The van der Waals surface area contributed by atoms with Crippen molar-refractivity contribution in [3.63, 3.8) is 0 Å². The van der Waals surface area contributed by atoms with E-state index in [1.807, 2.05) is 0 Å². The van der Waals surface area contributed by atoms with Crippen molar-refractivity contribution in [2.75, 3.05) is 13.7 Å². The van der Waals surface area contributed by atoms with Gasteiger partial charge in [-0.15, -0.1) is 0 Å². The summed E-state index contributed by atoms with van der Waals surface area (Å²) >= 11 is 1.25. The number of carboxylic acid groups (broad SMARTS) is 1. The third-order valence-corrected chi connectivity index (χ3v) is 4.40. The molecule has 3 rings (SSSR count). The van der Waals surface area contributed by atoms with Crippen LogP contribution in [-0.2, 0) is 9.59 Å². The maximum Gasteiger partial charge on any atom is 0.341 e. The van der Waals surface area contributed by atoms with Gasteiger partial charge in [-0.05, 0) is 59.8 Å². The number of amides is 1. The maximum atomic E-state index is 12.1. The third-order valence-electron chi connectivity index (χ3n) is 3.49. The Balaban J connectivity index is 1.69. The Kier molecular flexibility index (Phi) is 5.77. The standard InChI is InChI=1S/C19H16N2O5S/c1-25-14-8-4-13(5-9-14)20-19-21-18(24)16(27-19)10-12-2-6-15(7-3-12)26-11-17(22)23/h2-10H,11H2,1H3,(H,22,23)(H,20,21,24)/b16-10+. The van der Waals surface area contributed by atoms with E-state index in [1.54, 1.807) is 61.7 Å². The molecular weight excluding hydrogens is 368 g/mol. The van der Waals surface area contributed by atoms with E-state index in [2.05, 4.69) is 10.3 Å². The number of benzene rings is 2. The first kappa shape index (κ1) is 18.5. The minimum Gasteiger partial charge on any atom is -0.497 e. The molecule has 1 amide bonds. The molecule has 0 unspecified atom stereocenters. The van der Waals surface area contributed by atoms with Gasteiger partial charge in [-0.2, -0.15) is 0 Å². The van der Waals surface area contributed by atoms with Crippen LogP contribution in [0.5, 0.6) is 11.5 Å². The fourth-order valence-corrected chi connectivity index (χ4v) is 3.05. The van der Waals surface area contributed by atoms with Crippen molar-refractivity contribution in [1.82, 2.24) is 5.32 Å². The topological polar surface area (TPSA) is 97.2 Å². The first-order chi connectivity index (χ1) is 13.0. The summed E-state index contributed by atoms with van der Waals surface area (Å²) in [7, 11) is 1.59. The predicted molar refractivity (Wildman–Crippen MR) is 103 cm³/mol. The zero-order chi connectivity index (χ0) is 19.2. The van der Waals surface area contributed by atoms with Gasteiger partial charge in [0, 0.05) is 0 Å². The molecule has 0 spiro atoms. The lowest BCUT2D eigenvalue weighted by molar-refractivity contribution is -0.139. The Hall–Kier alpha value is -3.26. The molecule has 2 aromatic carbocycles. The molecule has 0 aliphatic carbocycles. The summed E-state index contributed by atoms with van der Waals surface area (Å²) < 4.78 is 10.2. The Morgan fingerprint density at radius 2 is 1.81 bits per heavy atom. The van der Waals surface area contributed by atoms with Crippen molar-refractivity contribution < 1.29 is 24.2 Å². The zero-order valence-corrected chi connectivity index (χ0v) is 15.2. The van der Waals surface area contributed by atoms with Crippen molar-refractivity contribution in [3.05, 3.63) is 59.0 Å². The molecule has 1 fully saturated rings. The Morgan fingerprint density at radius 3 is 2.44 bits per heavy atom. The average Bonchev–Trinajstić information content (AvgIpc) is 3.00. The molecular formula is C19H16N2O5S. The fourth-order valence-electron chi connectivity index (χ4n) is 2.21. The highest BCUT2D eigenvalue weighted by Gasteiger charge is 2.23. The van der Waals surface area contributed by atoms with Crippen molar-refractivity contribution in [3.8, 4) is 11.5 Å². The van der Waals surface area contributed by atoms with Crippen LogP contribution >= 0.6 is 11.8 Å². The molecule has 0 radical (unpaired) electrons. The highest BCUT2D eigenvalue weighted by Crippen LogP contribution is 2.29. The SMILES string of the molecule is COc1ccc(N=C2NC(=O)/C(=C\c3ccc(OCC(=O)O)cc3)S2)cc1. The van der Waals surface area contributed by atoms with E-state index in [0.29, 0.717) is 21.5 Å². The lowest BCUT2D eigenvalue weighted by atomic mass is 10.2. The van der Waals surface area contributed by atoms with Crippen molar-refractivity contribution in [2.24, 2.45) is 4.99 Å². The summed E-state index contributed by atoms with van der Waals surface area (Å²) in [6.45, 7) is -0.399. The molecule has 0 aromatic heterocycles. The van der Waals surface area contributed by atoms with Gasteiger partial charge in [0.15, 0.2) is 11.8 Å². The number of methoxy groups -OCH3 is 1. The van der Waals surface area contributed by atoms with E-state index in [0.717, 1.165) is 11.3 Å². The van der Waals surface area contributed by atoms with Gasteiger partial charge < -0.3 is 19.9 Å². The maximum absolute atomic E-state index is 12.1. The number of nitrogens with one attached hydrogen (secondary N) is 1. The molecule has 1 aliphatic rings. The fraction of sp³-hybridized carbons (Fsp3) is 0.105. The highest BCUT2D eigenvalue weighted by molar-refractivity contribution is 8.18. The number of thioether (sulfide) groups is 1. The van der Waals surface area contributed by atoms with Crippen LogP contribution in [0.25, 0.3) is 6.08 Å². The summed E-state index contributed by atoms with van der Waals surface area (Å²) in [5.74, 6) is -0.0781. The number of hydrogen-bond acceptors (Lipinski definition) is 6. The van der Waals surface area contributed by atoms with E-state index in [1.165, 1.54) is 11.8 Å². The Bertz CT molecular complexity index is 905. The Morgan fingerprint density at radius 1 is 1.15 bits per heavy atom. The molecule has 1 heterocycles. The number of carboxylic acids is 1. The van der Waals surface area contributed by atoms with E-state index < -0.39 is 12.6 Å². The summed E-state index contributed by atoms with van der Waals surface area (Å²) in [5, 5.41) is 11.8. The molecule has 27 heavy (non-hydrogen) atoms. The van der Waals surface area contributed by atoms with Gasteiger partial charge in [0.25, 0.3) is 5.91 Å².